The number of aliphatic hydroxyl groups excluding tert-OH is 2. The zero-order valence-electron chi connectivity index (χ0n) is 19.1. The van der Waals surface area contributed by atoms with Gasteiger partial charge in [-0.15, -0.1) is 0 Å². The van der Waals surface area contributed by atoms with Crippen molar-refractivity contribution in [1.82, 2.24) is 9.55 Å². The summed E-state index contributed by atoms with van der Waals surface area (Å²) in [6.07, 6.45) is -0.321. The van der Waals surface area contributed by atoms with Crippen molar-refractivity contribution in [3.8, 4) is 22.4 Å². The van der Waals surface area contributed by atoms with Gasteiger partial charge in [0.2, 0.25) is 5.82 Å². The normalized spacial score (nSPS) is 13.0. The SMILES string of the molecule is [C-]#[N+]c1c(-c2ccccn2)c(-c2ccc(F)cc2)c(CC[C@@H](O)C[C@@H](O)CC(=O)O)n1C(C)C. The van der Waals surface area contributed by atoms with Crippen LogP contribution in [0.15, 0.2) is 48.7 Å². The molecule has 0 fully saturated rings. The summed E-state index contributed by atoms with van der Waals surface area (Å²) in [6, 6.07) is 11.4. The number of aromatic nitrogens is 2. The molecule has 7 nitrogen and oxygen atoms in total. The lowest BCUT2D eigenvalue weighted by Crippen LogP contribution is -2.21. The highest BCUT2D eigenvalue weighted by atomic mass is 19.1. The number of hydrogen-bond acceptors (Lipinski definition) is 4. The van der Waals surface area contributed by atoms with Crippen LogP contribution < -0.4 is 0 Å². The lowest BCUT2D eigenvalue weighted by Gasteiger charge is -2.16. The lowest BCUT2D eigenvalue weighted by molar-refractivity contribution is -0.139. The fourth-order valence-electron chi connectivity index (χ4n) is 4.24. The Balaban J connectivity index is 2.12. The lowest BCUT2D eigenvalue weighted by atomic mass is 9.95. The first kappa shape index (κ1) is 25.1. The second kappa shape index (κ2) is 11.1. The van der Waals surface area contributed by atoms with Gasteiger partial charge in [-0.3, -0.25) is 14.3 Å². The summed E-state index contributed by atoms with van der Waals surface area (Å²) < 4.78 is 15.6. The number of halogens is 1. The molecule has 34 heavy (non-hydrogen) atoms. The smallest absolute Gasteiger partial charge is 0.305 e. The first-order valence-corrected chi connectivity index (χ1v) is 11.1. The molecule has 0 unspecified atom stereocenters. The fourth-order valence-corrected chi connectivity index (χ4v) is 4.24. The molecule has 0 aliphatic heterocycles. The van der Waals surface area contributed by atoms with Gasteiger partial charge in [-0.05, 0) is 56.5 Å². The summed E-state index contributed by atoms with van der Waals surface area (Å²) in [5, 5.41) is 29.2. The van der Waals surface area contributed by atoms with Crippen molar-refractivity contribution < 1.29 is 24.5 Å². The van der Waals surface area contributed by atoms with Crippen molar-refractivity contribution in [3.05, 3.63) is 71.6 Å². The quantitative estimate of drug-likeness (QED) is 0.366. The second-order valence-corrected chi connectivity index (χ2v) is 8.50. The average Bonchev–Trinajstić information content (AvgIpc) is 3.12. The van der Waals surface area contributed by atoms with Crippen LogP contribution in [0.5, 0.6) is 0 Å². The van der Waals surface area contributed by atoms with E-state index in [0.717, 1.165) is 16.8 Å². The van der Waals surface area contributed by atoms with E-state index in [2.05, 4.69) is 9.83 Å². The van der Waals surface area contributed by atoms with E-state index in [1.54, 1.807) is 24.4 Å². The molecule has 0 aliphatic rings. The van der Waals surface area contributed by atoms with Crippen molar-refractivity contribution >= 4 is 11.8 Å². The molecular weight excluding hydrogens is 437 g/mol. The number of pyridine rings is 1. The van der Waals surface area contributed by atoms with Crippen molar-refractivity contribution in [1.29, 1.82) is 0 Å². The Bertz CT molecular complexity index is 1170. The number of carboxylic acid groups (broad SMARTS) is 1. The third kappa shape index (κ3) is 5.68. The van der Waals surface area contributed by atoms with E-state index in [-0.39, 0.29) is 24.7 Å². The maximum atomic E-state index is 13.7. The monoisotopic (exact) mass is 465 g/mol. The summed E-state index contributed by atoms with van der Waals surface area (Å²) >= 11 is 0. The van der Waals surface area contributed by atoms with Gasteiger partial charge in [0.1, 0.15) is 5.82 Å². The minimum atomic E-state index is -1.15. The highest BCUT2D eigenvalue weighted by Crippen LogP contribution is 2.46. The molecule has 8 heteroatoms. The number of rotatable bonds is 10. The van der Waals surface area contributed by atoms with Gasteiger partial charge in [0.05, 0.1) is 36.1 Å². The van der Waals surface area contributed by atoms with Gasteiger partial charge in [-0.2, -0.15) is 0 Å². The molecule has 2 atom stereocenters. The van der Waals surface area contributed by atoms with Gasteiger partial charge in [0.25, 0.3) is 0 Å². The Morgan fingerprint density at radius 2 is 1.82 bits per heavy atom. The molecule has 3 rings (SSSR count). The molecule has 0 amide bonds. The Kier molecular flexibility index (Phi) is 8.16. The summed E-state index contributed by atoms with van der Waals surface area (Å²) in [4.78, 5) is 19.1. The molecule has 0 aliphatic carbocycles. The highest BCUT2D eigenvalue weighted by Gasteiger charge is 2.29. The van der Waals surface area contributed by atoms with E-state index < -0.39 is 24.6 Å². The Morgan fingerprint density at radius 3 is 2.38 bits per heavy atom. The maximum absolute atomic E-state index is 13.7. The summed E-state index contributed by atoms with van der Waals surface area (Å²) in [5.41, 5.74) is 3.52. The van der Waals surface area contributed by atoms with E-state index >= 15 is 0 Å². The Hall–Kier alpha value is -3.54. The number of hydrogen-bond donors (Lipinski definition) is 3. The zero-order valence-corrected chi connectivity index (χ0v) is 19.1. The van der Waals surface area contributed by atoms with Crippen LogP contribution in [0.4, 0.5) is 10.2 Å². The van der Waals surface area contributed by atoms with Gasteiger partial charge >= 0.3 is 5.97 Å². The molecule has 1 aromatic carbocycles. The van der Waals surface area contributed by atoms with Gasteiger partial charge in [-0.1, -0.05) is 24.8 Å². The van der Waals surface area contributed by atoms with Crippen LogP contribution in [-0.4, -0.2) is 43.0 Å². The highest BCUT2D eigenvalue weighted by molar-refractivity contribution is 5.93. The molecular formula is C26H28FN3O4. The van der Waals surface area contributed by atoms with Gasteiger partial charge in [0.15, 0.2) is 0 Å². The largest absolute Gasteiger partial charge is 0.481 e. The van der Waals surface area contributed by atoms with Gasteiger partial charge in [0, 0.05) is 23.7 Å². The standard InChI is InChI=1S/C26H28FN3O4/c1-16(2)30-22(12-11-19(31)14-20(32)15-23(33)34)24(17-7-9-18(27)10-8-17)25(26(30)28-3)21-6-4-5-13-29-21/h4-10,13,16,19-20,31-32H,11-12,14-15H2,1-2H3,(H,33,34)/t19-,20-/m1/s1. The molecule has 0 saturated heterocycles. The molecule has 2 heterocycles. The van der Waals surface area contributed by atoms with Crippen LogP contribution in [0, 0.1) is 12.4 Å². The van der Waals surface area contributed by atoms with Crippen molar-refractivity contribution in [3.63, 3.8) is 0 Å². The number of nitrogens with zero attached hydrogens (tertiary/aromatic N) is 3. The summed E-state index contributed by atoms with van der Waals surface area (Å²) in [5.74, 6) is -1.10. The predicted octanol–water partition coefficient (Wildman–Crippen LogP) is 5.01. The van der Waals surface area contributed by atoms with Crippen LogP contribution in [0.3, 0.4) is 0 Å². The summed E-state index contributed by atoms with van der Waals surface area (Å²) in [6.45, 7) is 11.8. The van der Waals surface area contributed by atoms with E-state index in [9.17, 15) is 19.4 Å². The molecule has 2 aromatic heterocycles. The average molecular weight is 466 g/mol. The number of carbonyl (C=O) groups is 1. The van der Waals surface area contributed by atoms with E-state index in [4.69, 9.17) is 11.7 Å². The van der Waals surface area contributed by atoms with Crippen LogP contribution in [0.25, 0.3) is 27.2 Å². The van der Waals surface area contributed by atoms with E-state index in [0.29, 0.717) is 23.5 Å². The Labute approximate surface area is 198 Å². The molecule has 0 bridgehead atoms. The molecule has 3 N–H and O–H groups in total. The van der Waals surface area contributed by atoms with Crippen molar-refractivity contribution in [2.24, 2.45) is 0 Å². The minimum absolute atomic E-state index is 0.0661. The summed E-state index contributed by atoms with van der Waals surface area (Å²) in [7, 11) is 0. The van der Waals surface area contributed by atoms with Crippen LogP contribution in [-0.2, 0) is 11.2 Å². The maximum Gasteiger partial charge on any atom is 0.305 e. The molecule has 178 valence electrons. The fraction of sp³-hybridized carbons (Fsp3) is 0.346. The van der Waals surface area contributed by atoms with Crippen molar-refractivity contribution in [2.45, 2.75) is 57.8 Å². The number of aliphatic hydroxyl groups is 2. The second-order valence-electron chi connectivity index (χ2n) is 8.50. The number of aliphatic carboxylic acids is 1. The molecule has 0 spiro atoms. The topological polar surface area (TPSA) is 99.9 Å². The Morgan fingerprint density at radius 1 is 1.12 bits per heavy atom. The van der Waals surface area contributed by atoms with E-state index in [1.807, 2.05) is 30.5 Å². The van der Waals surface area contributed by atoms with Crippen molar-refractivity contribution in [2.75, 3.05) is 0 Å². The first-order valence-electron chi connectivity index (χ1n) is 11.1. The predicted molar refractivity (Wildman–Crippen MR) is 127 cm³/mol. The van der Waals surface area contributed by atoms with E-state index in [1.165, 1.54) is 12.1 Å². The molecule has 0 radical (unpaired) electrons. The van der Waals surface area contributed by atoms with Crippen LogP contribution >= 0.6 is 0 Å². The van der Waals surface area contributed by atoms with Crippen LogP contribution in [0.2, 0.25) is 0 Å². The number of carboxylic acids is 1. The zero-order chi connectivity index (χ0) is 24.8. The number of benzene rings is 1. The third-order valence-electron chi connectivity index (χ3n) is 5.63. The third-order valence-corrected chi connectivity index (χ3v) is 5.63. The van der Waals surface area contributed by atoms with Gasteiger partial charge < -0.3 is 20.2 Å². The minimum Gasteiger partial charge on any atom is -0.481 e. The van der Waals surface area contributed by atoms with Crippen LogP contribution in [0.1, 0.15) is 44.8 Å². The molecule has 0 saturated carbocycles. The molecule has 3 aromatic rings. The van der Waals surface area contributed by atoms with Gasteiger partial charge in [-0.25, -0.2) is 4.39 Å². The first-order chi connectivity index (χ1) is 16.2.